The van der Waals surface area contributed by atoms with E-state index in [1.165, 1.54) is 5.56 Å². The van der Waals surface area contributed by atoms with Crippen molar-refractivity contribution in [3.05, 3.63) is 28.8 Å². The number of aryl methyl sites for hydroxylation is 1. The Hall–Kier alpha value is -1.51. The molecule has 136 valence electrons. The number of esters is 1. The molecular formula is C21H34O3. The molecule has 3 nitrogen and oxygen atoms in total. The number of hydrogen-bond donors (Lipinski definition) is 0. The Labute approximate surface area is 147 Å². The molecule has 0 heterocycles. The third kappa shape index (κ3) is 5.54. The van der Waals surface area contributed by atoms with Crippen LogP contribution in [0.4, 0.5) is 0 Å². The number of benzene rings is 1. The molecule has 1 aromatic carbocycles. The lowest BCUT2D eigenvalue weighted by Crippen LogP contribution is -2.23. The molecule has 0 aliphatic heterocycles. The lowest BCUT2D eigenvalue weighted by molar-refractivity contribution is -0.148. The molecule has 1 rings (SSSR count). The number of hydrogen-bond acceptors (Lipinski definition) is 3. The van der Waals surface area contributed by atoms with Crippen molar-refractivity contribution in [1.29, 1.82) is 0 Å². The largest absolute Gasteiger partial charge is 0.496 e. The van der Waals surface area contributed by atoms with Crippen LogP contribution in [0.25, 0.3) is 0 Å². The van der Waals surface area contributed by atoms with Gasteiger partial charge in [-0.2, -0.15) is 0 Å². The number of carbonyl (C=O) groups is 1. The summed E-state index contributed by atoms with van der Waals surface area (Å²) in [5.74, 6) is 1.10. The highest BCUT2D eigenvalue weighted by Crippen LogP contribution is 2.33. The van der Waals surface area contributed by atoms with Gasteiger partial charge in [0.15, 0.2) is 0 Å². The van der Waals surface area contributed by atoms with Gasteiger partial charge < -0.3 is 9.47 Å². The summed E-state index contributed by atoms with van der Waals surface area (Å²) in [6.07, 6.45) is 1.48. The molecule has 1 aromatic rings. The van der Waals surface area contributed by atoms with E-state index in [1.807, 2.05) is 6.92 Å². The Morgan fingerprint density at radius 2 is 1.83 bits per heavy atom. The molecule has 0 radical (unpaired) electrons. The minimum absolute atomic E-state index is 0.0588. The number of rotatable bonds is 7. The van der Waals surface area contributed by atoms with Crippen molar-refractivity contribution in [2.24, 2.45) is 11.8 Å². The Bertz CT molecular complexity index is 553. The zero-order valence-corrected chi connectivity index (χ0v) is 16.7. The van der Waals surface area contributed by atoms with Crippen molar-refractivity contribution in [3.8, 4) is 5.75 Å². The fourth-order valence-electron chi connectivity index (χ4n) is 3.08. The van der Waals surface area contributed by atoms with Crippen molar-refractivity contribution < 1.29 is 14.3 Å². The predicted octanol–water partition coefficient (Wildman–Crippen LogP) is 5.07. The van der Waals surface area contributed by atoms with Crippen LogP contribution in [-0.2, 0) is 21.4 Å². The Balaban J connectivity index is 3.25. The van der Waals surface area contributed by atoms with Gasteiger partial charge in [-0.1, -0.05) is 46.8 Å². The molecule has 24 heavy (non-hydrogen) atoms. The molecule has 0 aromatic heterocycles. The summed E-state index contributed by atoms with van der Waals surface area (Å²) in [4.78, 5) is 12.4. The summed E-state index contributed by atoms with van der Waals surface area (Å²) in [6, 6.07) is 4.38. The number of ether oxygens (including phenoxy) is 2. The van der Waals surface area contributed by atoms with Crippen LogP contribution in [0, 0.1) is 18.8 Å². The maximum absolute atomic E-state index is 12.4. The van der Waals surface area contributed by atoms with E-state index in [-0.39, 0.29) is 17.3 Å². The summed E-state index contributed by atoms with van der Waals surface area (Å²) < 4.78 is 10.9. The van der Waals surface area contributed by atoms with E-state index in [1.54, 1.807) is 7.11 Å². The van der Waals surface area contributed by atoms with E-state index in [2.05, 4.69) is 53.7 Å². The van der Waals surface area contributed by atoms with Crippen molar-refractivity contribution in [2.75, 3.05) is 13.7 Å². The van der Waals surface area contributed by atoms with Crippen molar-refractivity contribution in [2.45, 2.75) is 66.7 Å². The second-order valence-electron chi connectivity index (χ2n) is 8.02. The molecule has 0 saturated heterocycles. The molecule has 3 heteroatoms. The zero-order valence-electron chi connectivity index (χ0n) is 16.7. The molecule has 0 bridgehead atoms. The second-order valence-corrected chi connectivity index (χ2v) is 8.02. The summed E-state index contributed by atoms with van der Waals surface area (Å²) in [6.45, 7) is 15.2. The summed E-state index contributed by atoms with van der Waals surface area (Å²) in [7, 11) is 1.70. The molecule has 0 saturated carbocycles. The smallest absolute Gasteiger partial charge is 0.309 e. The van der Waals surface area contributed by atoms with Gasteiger partial charge in [0, 0.05) is 0 Å². The van der Waals surface area contributed by atoms with Gasteiger partial charge in [-0.25, -0.2) is 0 Å². The highest BCUT2D eigenvalue weighted by molar-refractivity contribution is 5.73. The van der Waals surface area contributed by atoms with Crippen LogP contribution in [0.3, 0.4) is 0 Å². The first-order chi connectivity index (χ1) is 11.1. The first kappa shape index (κ1) is 20.5. The van der Waals surface area contributed by atoms with Gasteiger partial charge >= 0.3 is 5.97 Å². The highest BCUT2D eigenvalue weighted by atomic mass is 16.5. The van der Waals surface area contributed by atoms with Gasteiger partial charge in [-0.05, 0) is 54.7 Å². The van der Waals surface area contributed by atoms with Crippen LogP contribution in [-0.4, -0.2) is 19.7 Å². The molecule has 0 amide bonds. The molecular weight excluding hydrogens is 300 g/mol. The van der Waals surface area contributed by atoms with Gasteiger partial charge in [-0.3, -0.25) is 4.79 Å². The van der Waals surface area contributed by atoms with Crippen LogP contribution in [0.5, 0.6) is 5.75 Å². The van der Waals surface area contributed by atoms with E-state index < -0.39 is 0 Å². The normalized spacial score (nSPS) is 13.0. The fraction of sp³-hybridized carbons (Fsp3) is 0.667. The number of methoxy groups -OCH3 is 1. The zero-order chi connectivity index (χ0) is 18.5. The quantitative estimate of drug-likeness (QED) is 0.653. The monoisotopic (exact) mass is 334 g/mol. The third-order valence-electron chi connectivity index (χ3n) is 4.26. The van der Waals surface area contributed by atoms with Crippen molar-refractivity contribution in [1.82, 2.24) is 0 Å². The molecule has 0 aliphatic carbocycles. The maximum atomic E-state index is 12.4. The van der Waals surface area contributed by atoms with Crippen LogP contribution in [0.15, 0.2) is 12.1 Å². The summed E-state index contributed by atoms with van der Waals surface area (Å²) in [5, 5.41) is 0. The SMILES string of the molecule is CCOC(=O)C(Cc1cc(C(C)(C)C)cc(C)c1OC)CC(C)C. The standard InChI is InChI=1S/C21H34O3/c1-9-24-20(22)17(10-14(2)3)12-16-13-18(21(5,6)7)11-15(4)19(16)23-8/h11,13-14,17H,9-10,12H2,1-8H3. The second kappa shape index (κ2) is 8.55. The molecule has 0 aliphatic rings. The van der Waals surface area contributed by atoms with Gasteiger partial charge in [0.2, 0.25) is 0 Å². The van der Waals surface area contributed by atoms with Gasteiger partial charge in [0.1, 0.15) is 5.75 Å². The molecule has 0 fully saturated rings. The van der Waals surface area contributed by atoms with E-state index in [4.69, 9.17) is 9.47 Å². The van der Waals surface area contributed by atoms with Crippen LogP contribution >= 0.6 is 0 Å². The van der Waals surface area contributed by atoms with Gasteiger partial charge in [0.25, 0.3) is 0 Å². The van der Waals surface area contributed by atoms with Crippen molar-refractivity contribution in [3.63, 3.8) is 0 Å². The Kier molecular flexibility index (Phi) is 7.31. The molecule has 0 N–H and O–H groups in total. The van der Waals surface area contributed by atoms with Gasteiger partial charge in [0.05, 0.1) is 19.6 Å². The topological polar surface area (TPSA) is 35.5 Å². The fourth-order valence-corrected chi connectivity index (χ4v) is 3.08. The van der Waals surface area contributed by atoms with Crippen LogP contribution < -0.4 is 4.74 Å². The van der Waals surface area contributed by atoms with E-state index in [0.717, 1.165) is 23.3 Å². The number of carbonyl (C=O) groups excluding carboxylic acids is 1. The van der Waals surface area contributed by atoms with Crippen LogP contribution in [0.2, 0.25) is 0 Å². The average Bonchev–Trinajstić information content (AvgIpc) is 2.45. The van der Waals surface area contributed by atoms with E-state index >= 15 is 0 Å². The minimum Gasteiger partial charge on any atom is -0.496 e. The third-order valence-corrected chi connectivity index (χ3v) is 4.26. The highest BCUT2D eigenvalue weighted by Gasteiger charge is 2.25. The predicted molar refractivity (Wildman–Crippen MR) is 99.7 cm³/mol. The summed E-state index contributed by atoms with van der Waals surface area (Å²) >= 11 is 0. The first-order valence-corrected chi connectivity index (χ1v) is 8.94. The first-order valence-electron chi connectivity index (χ1n) is 8.94. The van der Waals surface area contributed by atoms with E-state index in [9.17, 15) is 4.79 Å². The Morgan fingerprint density at radius 3 is 2.29 bits per heavy atom. The average molecular weight is 335 g/mol. The van der Waals surface area contributed by atoms with Crippen molar-refractivity contribution >= 4 is 5.97 Å². The summed E-state index contributed by atoms with van der Waals surface area (Å²) in [5.41, 5.74) is 3.54. The Morgan fingerprint density at radius 1 is 1.21 bits per heavy atom. The van der Waals surface area contributed by atoms with Gasteiger partial charge in [-0.15, -0.1) is 0 Å². The lowest BCUT2D eigenvalue weighted by Gasteiger charge is -2.24. The minimum atomic E-state index is -0.131. The van der Waals surface area contributed by atoms with Crippen LogP contribution in [0.1, 0.15) is 64.7 Å². The molecule has 1 atom stereocenters. The molecule has 1 unspecified atom stereocenters. The molecule has 0 spiro atoms. The maximum Gasteiger partial charge on any atom is 0.309 e. The van der Waals surface area contributed by atoms with E-state index in [0.29, 0.717) is 18.9 Å². The lowest BCUT2D eigenvalue weighted by atomic mass is 9.82.